The SMILES string of the molecule is CCC(C)NC(=O)C(C)N(Cc1c(Cl)cccc1Cl)C(=O)CN(c1ccc(F)c(F)c1)S(C)(=O)=O. The van der Waals surface area contributed by atoms with E-state index in [0.29, 0.717) is 22.4 Å². The molecule has 0 saturated carbocycles. The number of benzene rings is 2. The summed E-state index contributed by atoms with van der Waals surface area (Å²) in [5.74, 6) is -3.68. The molecule has 2 aromatic rings. The summed E-state index contributed by atoms with van der Waals surface area (Å²) >= 11 is 12.5. The van der Waals surface area contributed by atoms with E-state index in [0.717, 1.165) is 23.3 Å². The van der Waals surface area contributed by atoms with Gasteiger partial charge in [0.25, 0.3) is 0 Å². The Morgan fingerprint density at radius 2 is 1.66 bits per heavy atom. The number of hydrogen-bond acceptors (Lipinski definition) is 4. The van der Waals surface area contributed by atoms with Crippen molar-refractivity contribution < 1.29 is 26.8 Å². The molecule has 2 rings (SSSR count). The quantitative estimate of drug-likeness (QED) is 0.476. The van der Waals surface area contributed by atoms with Crippen LogP contribution in [0.4, 0.5) is 14.5 Å². The zero-order chi connectivity index (χ0) is 26.5. The molecule has 0 aliphatic rings. The van der Waals surface area contributed by atoms with E-state index in [1.807, 2.05) is 6.92 Å². The predicted octanol–water partition coefficient (Wildman–Crippen LogP) is 4.37. The number of amides is 2. The van der Waals surface area contributed by atoms with E-state index in [2.05, 4.69) is 5.32 Å². The van der Waals surface area contributed by atoms with Crippen molar-refractivity contribution in [2.24, 2.45) is 0 Å². The molecular formula is C23H27Cl2F2N3O4S. The van der Waals surface area contributed by atoms with Gasteiger partial charge in [-0.2, -0.15) is 0 Å². The number of anilines is 1. The highest BCUT2D eigenvalue weighted by Gasteiger charge is 2.31. The van der Waals surface area contributed by atoms with Gasteiger partial charge in [-0.25, -0.2) is 17.2 Å². The summed E-state index contributed by atoms with van der Waals surface area (Å²) in [4.78, 5) is 27.4. The number of nitrogens with zero attached hydrogens (tertiary/aromatic N) is 2. The zero-order valence-electron chi connectivity index (χ0n) is 19.7. The lowest BCUT2D eigenvalue weighted by atomic mass is 10.1. The van der Waals surface area contributed by atoms with Crippen molar-refractivity contribution in [2.75, 3.05) is 17.1 Å². The van der Waals surface area contributed by atoms with Gasteiger partial charge in [-0.1, -0.05) is 36.2 Å². The second kappa shape index (κ2) is 12.0. The summed E-state index contributed by atoms with van der Waals surface area (Å²) in [6, 6.07) is 6.04. The molecule has 0 bridgehead atoms. The van der Waals surface area contributed by atoms with Gasteiger partial charge in [0.2, 0.25) is 21.8 Å². The standard InChI is InChI=1S/C23H27Cl2F2N3O4S/c1-5-14(2)28-23(32)15(3)29(12-17-18(24)7-6-8-19(17)25)22(31)13-30(35(4,33)34)16-9-10-20(26)21(27)11-16/h6-11,14-15H,5,12-13H2,1-4H3,(H,28,32). The van der Waals surface area contributed by atoms with Crippen LogP contribution in [0.2, 0.25) is 10.0 Å². The van der Waals surface area contributed by atoms with Crippen molar-refractivity contribution >= 4 is 50.7 Å². The summed E-state index contributed by atoms with van der Waals surface area (Å²) in [6.07, 6.45) is 1.48. The average molecular weight is 550 g/mol. The largest absolute Gasteiger partial charge is 0.352 e. The molecule has 2 aromatic carbocycles. The molecule has 0 aliphatic carbocycles. The van der Waals surface area contributed by atoms with Gasteiger partial charge in [0.05, 0.1) is 11.9 Å². The molecule has 0 aliphatic heterocycles. The summed E-state index contributed by atoms with van der Waals surface area (Å²) in [5, 5.41) is 3.30. The smallest absolute Gasteiger partial charge is 0.244 e. The number of carbonyl (C=O) groups is 2. The second-order valence-electron chi connectivity index (χ2n) is 8.08. The third-order valence-electron chi connectivity index (χ3n) is 5.43. The molecule has 2 amide bonds. The molecule has 0 aromatic heterocycles. The highest BCUT2D eigenvalue weighted by Crippen LogP contribution is 2.27. The van der Waals surface area contributed by atoms with E-state index in [4.69, 9.17) is 23.2 Å². The fourth-order valence-electron chi connectivity index (χ4n) is 3.16. The summed E-state index contributed by atoms with van der Waals surface area (Å²) < 4.78 is 52.8. The van der Waals surface area contributed by atoms with Crippen LogP contribution < -0.4 is 9.62 Å². The predicted molar refractivity (Wildman–Crippen MR) is 133 cm³/mol. The Morgan fingerprint density at radius 3 is 2.17 bits per heavy atom. The zero-order valence-corrected chi connectivity index (χ0v) is 22.0. The molecule has 192 valence electrons. The fourth-order valence-corrected chi connectivity index (χ4v) is 4.51. The Morgan fingerprint density at radius 1 is 1.06 bits per heavy atom. The minimum absolute atomic E-state index is 0.166. The first kappa shape index (κ1) is 28.8. The van der Waals surface area contributed by atoms with Crippen LogP contribution in [0.3, 0.4) is 0 Å². The Labute approximate surface area is 214 Å². The number of nitrogens with one attached hydrogen (secondary N) is 1. The van der Waals surface area contributed by atoms with Crippen molar-refractivity contribution in [3.8, 4) is 0 Å². The third kappa shape index (κ3) is 7.52. The van der Waals surface area contributed by atoms with Crippen LogP contribution in [0, 0.1) is 11.6 Å². The Bertz CT molecular complexity index is 1180. The lowest BCUT2D eigenvalue weighted by Gasteiger charge is -2.32. The van der Waals surface area contributed by atoms with E-state index >= 15 is 0 Å². The van der Waals surface area contributed by atoms with Crippen LogP contribution in [0.1, 0.15) is 32.8 Å². The maximum atomic E-state index is 13.8. The van der Waals surface area contributed by atoms with E-state index < -0.39 is 46.1 Å². The number of halogens is 4. The van der Waals surface area contributed by atoms with Crippen molar-refractivity contribution in [3.05, 3.63) is 63.6 Å². The van der Waals surface area contributed by atoms with Crippen molar-refractivity contribution in [3.63, 3.8) is 0 Å². The molecule has 0 spiro atoms. The van der Waals surface area contributed by atoms with Gasteiger partial charge < -0.3 is 10.2 Å². The molecule has 12 heteroatoms. The van der Waals surface area contributed by atoms with E-state index in [1.54, 1.807) is 25.1 Å². The minimum atomic E-state index is -4.09. The van der Waals surface area contributed by atoms with Crippen molar-refractivity contribution in [1.82, 2.24) is 10.2 Å². The Hall–Kier alpha value is -2.43. The van der Waals surface area contributed by atoms with Gasteiger partial charge in [-0.05, 0) is 44.5 Å². The molecule has 0 fully saturated rings. The van der Waals surface area contributed by atoms with Crippen LogP contribution in [-0.2, 0) is 26.2 Å². The number of carbonyl (C=O) groups excluding carboxylic acids is 2. The normalized spacial score (nSPS) is 13.1. The minimum Gasteiger partial charge on any atom is -0.352 e. The molecular weight excluding hydrogens is 523 g/mol. The molecule has 0 radical (unpaired) electrons. The van der Waals surface area contributed by atoms with Gasteiger partial charge >= 0.3 is 0 Å². The van der Waals surface area contributed by atoms with Crippen LogP contribution in [0.15, 0.2) is 36.4 Å². The average Bonchev–Trinajstić information content (AvgIpc) is 2.77. The lowest BCUT2D eigenvalue weighted by molar-refractivity contribution is -0.139. The first-order chi connectivity index (χ1) is 16.3. The highest BCUT2D eigenvalue weighted by atomic mass is 35.5. The maximum absolute atomic E-state index is 13.8. The number of rotatable bonds is 10. The number of sulfonamides is 1. The Kier molecular flexibility index (Phi) is 9.88. The number of hydrogen-bond donors (Lipinski definition) is 1. The summed E-state index contributed by atoms with van der Waals surface area (Å²) in [6.45, 7) is 4.21. The molecule has 0 saturated heterocycles. The lowest BCUT2D eigenvalue weighted by Crippen LogP contribution is -2.52. The van der Waals surface area contributed by atoms with E-state index in [-0.39, 0.29) is 28.3 Å². The van der Waals surface area contributed by atoms with Crippen LogP contribution in [0.5, 0.6) is 0 Å². The first-order valence-electron chi connectivity index (χ1n) is 10.7. The monoisotopic (exact) mass is 549 g/mol. The maximum Gasteiger partial charge on any atom is 0.244 e. The molecule has 2 atom stereocenters. The molecule has 0 heterocycles. The molecule has 2 unspecified atom stereocenters. The second-order valence-corrected chi connectivity index (χ2v) is 10.8. The topological polar surface area (TPSA) is 86.8 Å². The van der Waals surface area contributed by atoms with Gasteiger partial charge in [0.15, 0.2) is 11.6 Å². The molecule has 7 nitrogen and oxygen atoms in total. The van der Waals surface area contributed by atoms with Gasteiger partial charge in [0.1, 0.15) is 12.6 Å². The molecule has 1 N–H and O–H groups in total. The van der Waals surface area contributed by atoms with Gasteiger partial charge in [-0.3, -0.25) is 13.9 Å². The van der Waals surface area contributed by atoms with Crippen molar-refractivity contribution in [2.45, 2.75) is 45.8 Å². The van der Waals surface area contributed by atoms with E-state index in [9.17, 15) is 26.8 Å². The summed E-state index contributed by atoms with van der Waals surface area (Å²) in [5.41, 5.74) is 0.123. The van der Waals surface area contributed by atoms with Crippen molar-refractivity contribution in [1.29, 1.82) is 0 Å². The fraction of sp³-hybridized carbons (Fsp3) is 0.391. The Balaban J connectivity index is 2.47. The summed E-state index contributed by atoms with van der Waals surface area (Å²) in [7, 11) is -4.09. The van der Waals surface area contributed by atoms with Crippen LogP contribution >= 0.6 is 23.2 Å². The highest BCUT2D eigenvalue weighted by molar-refractivity contribution is 7.92. The first-order valence-corrected chi connectivity index (χ1v) is 13.3. The molecule has 35 heavy (non-hydrogen) atoms. The van der Waals surface area contributed by atoms with Crippen LogP contribution in [-0.4, -0.2) is 50.0 Å². The van der Waals surface area contributed by atoms with Crippen LogP contribution in [0.25, 0.3) is 0 Å². The van der Waals surface area contributed by atoms with Gasteiger partial charge in [0, 0.05) is 34.3 Å². The third-order valence-corrected chi connectivity index (χ3v) is 7.28. The van der Waals surface area contributed by atoms with Gasteiger partial charge in [-0.15, -0.1) is 0 Å². The van der Waals surface area contributed by atoms with E-state index in [1.165, 1.54) is 6.92 Å².